The number of fused-ring (bicyclic) bond motifs is 1. The summed E-state index contributed by atoms with van der Waals surface area (Å²) < 4.78 is 14.9. The van der Waals surface area contributed by atoms with Crippen LogP contribution in [0.3, 0.4) is 0 Å². The number of hydrogen-bond donors (Lipinski definition) is 3. The maximum Gasteiger partial charge on any atom is 0.262 e. The minimum Gasteiger partial charge on any atom is -0.380 e. The van der Waals surface area contributed by atoms with Crippen LogP contribution < -0.4 is 10.6 Å². The van der Waals surface area contributed by atoms with E-state index in [9.17, 15) is 29.1 Å². The van der Waals surface area contributed by atoms with E-state index >= 15 is 0 Å². The maximum absolute atomic E-state index is 14.9. The van der Waals surface area contributed by atoms with Gasteiger partial charge in [0, 0.05) is 19.0 Å². The summed E-state index contributed by atoms with van der Waals surface area (Å²) in [5.74, 6) is -1.20. The van der Waals surface area contributed by atoms with E-state index in [1.165, 1.54) is 6.07 Å². The Kier molecular flexibility index (Phi) is 7.85. The lowest BCUT2D eigenvalue weighted by Crippen LogP contribution is -2.57. The first-order valence-corrected chi connectivity index (χ1v) is 13.1. The Hall–Kier alpha value is -3.03. The predicted molar refractivity (Wildman–Crippen MR) is 135 cm³/mol. The Bertz CT molecular complexity index is 1110. The van der Waals surface area contributed by atoms with Gasteiger partial charge in [0.05, 0.1) is 28.9 Å². The highest BCUT2D eigenvalue weighted by molar-refractivity contribution is 6.22. The second kappa shape index (κ2) is 10.8. The summed E-state index contributed by atoms with van der Waals surface area (Å²) in [7, 11) is 0. The number of carbonyl (C=O) groups excluding carboxylic acids is 3. The van der Waals surface area contributed by atoms with Gasteiger partial charge < -0.3 is 15.7 Å². The largest absolute Gasteiger partial charge is 0.380 e. The van der Waals surface area contributed by atoms with E-state index in [2.05, 4.69) is 49.3 Å². The Labute approximate surface area is 217 Å². The topological polar surface area (TPSA) is 126 Å². The van der Waals surface area contributed by atoms with Crippen LogP contribution in [0.4, 0.5) is 10.1 Å². The molecule has 0 bridgehead atoms. The molecule has 4 rings (SSSR count). The molecule has 10 heteroatoms. The van der Waals surface area contributed by atoms with Crippen LogP contribution >= 0.6 is 0 Å². The van der Waals surface area contributed by atoms with E-state index in [1.54, 1.807) is 0 Å². The van der Waals surface area contributed by atoms with Crippen molar-refractivity contribution >= 4 is 23.4 Å². The number of piperidine rings is 1. The molecule has 1 aromatic rings. The number of nitriles is 1. The number of hydrogen-bond acceptors (Lipinski definition) is 7. The van der Waals surface area contributed by atoms with Crippen molar-refractivity contribution in [3.8, 4) is 6.07 Å². The maximum atomic E-state index is 14.9. The molecule has 3 unspecified atom stereocenters. The second-order valence-electron chi connectivity index (χ2n) is 10.9. The lowest BCUT2D eigenvalue weighted by atomic mass is 9.79. The number of nitrogens with zero attached hydrogens (tertiary/aromatic N) is 3. The van der Waals surface area contributed by atoms with Gasteiger partial charge in [0.1, 0.15) is 18.1 Å². The van der Waals surface area contributed by atoms with Crippen molar-refractivity contribution in [3.05, 3.63) is 29.1 Å². The minimum atomic E-state index is -1.36. The zero-order valence-corrected chi connectivity index (χ0v) is 21.8. The van der Waals surface area contributed by atoms with Crippen LogP contribution in [0, 0.1) is 34.9 Å². The lowest BCUT2D eigenvalue weighted by Gasteiger charge is -2.41. The highest BCUT2D eigenvalue weighted by Crippen LogP contribution is 2.36. The van der Waals surface area contributed by atoms with Crippen LogP contribution in [0.5, 0.6) is 0 Å². The number of rotatable bonds is 9. The number of anilines is 1. The third-order valence-electron chi connectivity index (χ3n) is 8.25. The average molecular weight is 514 g/mol. The van der Waals surface area contributed by atoms with Gasteiger partial charge in [-0.1, -0.05) is 27.7 Å². The summed E-state index contributed by atoms with van der Waals surface area (Å²) in [5, 5.41) is 25.5. The van der Waals surface area contributed by atoms with Crippen LogP contribution in [-0.4, -0.2) is 70.1 Å². The van der Waals surface area contributed by atoms with E-state index < -0.39 is 29.9 Å². The van der Waals surface area contributed by atoms with E-state index in [-0.39, 0.29) is 53.6 Å². The Balaban J connectivity index is 1.39. The number of nitrogens with one attached hydrogen (secondary N) is 2. The fourth-order valence-electron chi connectivity index (χ4n) is 5.62. The van der Waals surface area contributed by atoms with Gasteiger partial charge in [-0.2, -0.15) is 5.26 Å². The Morgan fingerprint density at radius 2 is 1.86 bits per heavy atom. The number of carbonyl (C=O) groups is 3. The van der Waals surface area contributed by atoms with Gasteiger partial charge >= 0.3 is 0 Å². The summed E-state index contributed by atoms with van der Waals surface area (Å²) in [6, 6.07) is 3.91. The van der Waals surface area contributed by atoms with Crippen molar-refractivity contribution in [1.29, 1.82) is 5.26 Å². The molecule has 200 valence electrons. The van der Waals surface area contributed by atoms with Crippen LogP contribution in [0.15, 0.2) is 12.1 Å². The van der Waals surface area contributed by atoms with Gasteiger partial charge in [-0.05, 0) is 55.7 Å². The second-order valence-corrected chi connectivity index (χ2v) is 10.9. The molecule has 0 spiro atoms. The third-order valence-corrected chi connectivity index (χ3v) is 8.25. The molecular formula is C27H36FN5O4. The molecule has 1 aliphatic carbocycles. The number of benzene rings is 1. The Morgan fingerprint density at radius 1 is 1.22 bits per heavy atom. The molecule has 0 radical (unpaired) electrons. The van der Waals surface area contributed by atoms with Gasteiger partial charge in [0.25, 0.3) is 11.8 Å². The molecule has 3 amide bonds. The highest BCUT2D eigenvalue weighted by Gasteiger charge is 2.45. The molecule has 3 N–H and O–H groups in total. The third kappa shape index (κ3) is 5.20. The molecule has 4 atom stereocenters. The summed E-state index contributed by atoms with van der Waals surface area (Å²) in [4.78, 5) is 40.6. The summed E-state index contributed by atoms with van der Waals surface area (Å²) in [6.07, 6.45) is 0.500. The fourth-order valence-corrected chi connectivity index (χ4v) is 5.62. The summed E-state index contributed by atoms with van der Waals surface area (Å²) >= 11 is 0. The van der Waals surface area contributed by atoms with Gasteiger partial charge in [-0.3, -0.25) is 24.2 Å². The van der Waals surface area contributed by atoms with Crippen LogP contribution in [0.1, 0.15) is 74.1 Å². The van der Waals surface area contributed by atoms with Gasteiger partial charge in [-0.25, -0.2) is 4.39 Å². The first-order chi connectivity index (χ1) is 17.5. The number of aliphatic hydroxyl groups is 1. The van der Waals surface area contributed by atoms with E-state index in [4.69, 9.17) is 0 Å². The average Bonchev–Trinajstić information content (AvgIpc) is 3.06. The molecule has 1 aromatic carbocycles. The SMILES string of the molecule is CCN(CC1CC(Nc2cc3c(cc2F)C(=O)N(C2CCC(=O)NC2O)C3=O)C1)C(C#N)[C@@H](C)C(C)C. The van der Waals surface area contributed by atoms with Crippen molar-refractivity contribution in [3.63, 3.8) is 0 Å². The summed E-state index contributed by atoms with van der Waals surface area (Å²) in [6.45, 7) is 10.0. The molecule has 3 aliphatic rings. The Morgan fingerprint density at radius 3 is 2.43 bits per heavy atom. The molecule has 0 aromatic heterocycles. The van der Waals surface area contributed by atoms with Crippen molar-refractivity contribution in [2.24, 2.45) is 17.8 Å². The van der Waals surface area contributed by atoms with Crippen LogP contribution in [0.25, 0.3) is 0 Å². The smallest absolute Gasteiger partial charge is 0.262 e. The van der Waals surface area contributed by atoms with Crippen LogP contribution in [0.2, 0.25) is 0 Å². The summed E-state index contributed by atoms with van der Waals surface area (Å²) in [5.41, 5.74) is 0.216. The van der Waals surface area contributed by atoms with Gasteiger partial charge in [0.2, 0.25) is 5.91 Å². The monoisotopic (exact) mass is 513 g/mol. The molecule has 2 aliphatic heterocycles. The first kappa shape index (κ1) is 27.0. The lowest BCUT2D eigenvalue weighted by molar-refractivity contribution is -0.129. The fraction of sp³-hybridized carbons (Fsp3) is 0.630. The molecule has 9 nitrogen and oxygen atoms in total. The highest BCUT2D eigenvalue weighted by atomic mass is 19.1. The van der Waals surface area contributed by atoms with E-state index in [1.807, 2.05) is 0 Å². The van der Waals surface area contributed by atoms with E-state index in [0.717, 1.165) is 36.9 Å². The molecule has 1 saturated heterocycles. The van der Waals surface area contributed by atoms with Crippen LogP contribution in [-0.2, 0) is 4.79 Å². The van der Waals surface area contributed by atoms with Crippen molar-refractivity contribution < 1.29 is 23.9 Å². The number of halogens is 1. The minimum absolute atomic E-state index is 0.0259. The molecule has 37 heavy (non-hydrogen) atoms. The normalized spacial score (nSPS) is 27.0. The van der Waals surface area contributed by atoms with Gasteiger partial charge in [0.15, 0.2) is 0 Å². The number of aliphatic hydroxyl groups excluding tert-OH is 1. The standard InChI is InChI=1S/C27H36FN5O4/c1-5-32(23(12-29)15(4)14(2)3)13-16-8-17(9-16)30-21-11-19-18(10-20(21)28)26(36)33(27(19)37)22-6-7-24(34)31-25(22)35/h10-11,14-17,22-23,25,30,35H,5-9,13H2,1-4H3,(H,31,34)/t15-,16?,17?,22?,23?,25?/m0/s1. The number of imide groups is 1. The zero-order valence-electron chi connectivity index (χ0n) is 21.8. The molecule has 1 saturated carbocycles. The molecular weight excluding hydrogens is 477 g/mol. The van der Waals surface area contributed by atoms with Gasteiger partial charge in [-0.15, -0.1) is 0 Å². The van der Waals surface area contributed by atoms with Crippen molar-refractivity contribution in [2.45, 2.75) is 77.7 Å². The quantitative estimate of drug-likeness (QED) is 0.434. The first-order valence-electron chi connectivity index (χ1n) is 13.1. The molecule has 2 fully saturated rings. The van der Waals surface area contributed by atoms with Crippen molar-refractivity contribution in [2.75, 3.05) is 18.4 Å². The molecule has 2 heterocycles. The van der Waals surface area contributed by atoms with E-state index in [0.29, 0.717) is 11.8 Å². The van der Waals surface area contributed by atoms with Crippen molar-refractivity contribution in [1.82, 2.24) is 15.1 Å². The predicted octanol–water partition coefficient (Wildman–Crippen LogP) is 2.72. The number of amides is 3. The zero-order chi connectivity index (χ0) is 27.0.